The molecule has 0 aliphatic heterocycles. The molecular formula is C50H64N2. The minimum absolute atomic E-state index is 0.0799. The van der Waals surface area contributed by atoms with Gasteiger partial charge in [-0.2, -0.15) is 0 Å². The van der Waals surface area contributed by atoms with Crippen LogP contribution in [0.2, 0.25) is 0 Å². The van der Waals surface area contributed by atoms with Crippen LogP contribution in [0.3, 0.4) is 0 Å². The summed E-state index contributed by atoms with van der Waals surface area (Å²) in [4.78, 5) is 5.07. The van der Waals surface area contributed by atoms with Crippen LogP contribution in [0.4, 0.5) is 28.4 Å². The molecule has 2 atom stereocenters. The Balaban J connectivity index is 1.52. The van der Waals surface area contributed by atoms with Crippen molar-refractivity contribution in [3.8, 4) is 0 Å². The van der Waals surface area contributed by atoms with Gasteiger partial charge in [0.25, 0.3) is 0 Å². The minimum atomic E-state index is -0.326. The Morgan fingerprint density at radius 2 is 0.981 bits per heavy atom. The zero-order valence-corrected chi connectivity index (χ0v) is 35.0. The van der Waals surface area contributed by atoms with Crippen LogP contribution in [0.15, 0.2) is 96.6 Å². The van der Waals surface area contributed by atoms with Crippen molar-refractivity contribution in [3.05, 3.63) is 136 Å². The van der Waals surface area contributed by atoms with E-state index in [1.54, 1.807) is 0 Å². The highest BCUT2D eigenvalue weighted by Gasteiger charge is 2.63. The summed E-state index contributed by atoms with van der Waals surface area (Å²) in [6.07, 6.45) is 9.74. The van der Waals surface area contributed by atoms with E-state index in [4.69, 9.17) is 0 Å². The third-order valence-electron chi connectivity index (χ3n) is 12.4. The van der Waals surface area contributed by atoms with E-state index in [0.29, 0.717) is 0 Å². The minimum Gasteiger partial charge on any atom is -0.328 e. The second kappa shape index (κ2) is 12.8. The quantitative estimate of drug-likeness (QED) is 0.170. The van der Waals surface area contributed by atoms with Crippen molar-refractivity contribution >= 4 is 28.4 Å². The van der Waals surface area contributed by atoms with Gasteiger partial charge in [-0.15, -0.1) is 0 Å². The van der Waals surface area contributed by atoms with Gasteiger partial charge in [-0.3, -0.25) is 0 Å². The van der Waals surface area contributed by atoms with Crippen molar-refractivity contribution in [1.82, 2.24) is 0 Å². The van der Waals surface area contributed by atoms with Gasteiger partial charge in [0.2, 0.25) is 0 Å². The molecule has 6 rings (SSSR count). The highest BCUT2D eigenvalue weighted by molar-refractivity contribution is 5.83. The number of fused-ring (bicyclic) bond motifs is 1. The van der Waals surface area contributed by atoms with Gasteiger partial charge in [-0.1, -0.05) is 136 Å². The second-order valence-corrected chi connectivity index (χ2v) is 19.0. The van der Waals surface area contributed by atoms with Crippen molar-refractivity contribution < 1.29 is 0 Å². The molecule has 0 heterocycles. The molecule has 0 N–H and O–H groups in total. The molecule has 2 heteroatoms. The summed E-state index contributed by atoms with van der Waals surface area (Å²) in [5.74, 6) is 0. The molecule has 2 aliphatic rings. The van der Waals surface area contributed by atoms with Crippen LogP contribution in [0, 0.1) is 38.5 Å². The van der Waals surface area contributed by atoms with Crippen LogP contribution in [0.5, 0.6) is 0 Å². The zero-order valence-electron chi connectivity index (χ0n) is 35.0. The highest BCUT2D eigenvalue weighted by Crippen LogP contribution is 2.71. The first kappa shape index (κ1) is 37.7. The van der Waals surface area contributed by atoms with Gasteiger partial charge in [-0.25, -0.2) is 0 Å². The van der Waals surface area contributed by atoms with Gasteiger partial charge in [0.1, 0.15) is 0 Å². The molecule has 52 heavy (non-hydrogen) atoms. The van der Waals surface area contributed by atoms with Crippen molar-refractivity contribution in [2.24, 2.45) is 10.8 Å². The fourth-order valence-electron chi connectivity index (χ4n) is 8.75. The van der Waals surface area contributed by atoms with Gasteiger partial charge in [0.05, 0.1) is 11.2 Å². The van der Waals surface area contributed by atoms with E-state index < -0.39 is 0 Å². The SMILES string of the molecule is CCCc1ccc(N(c2ccc(N(c3c(C)cc(C(C)(C)C)cc3C)C3(C)C=CC4(C)C(=C3)C4(C)C)cc2)c2c(C)cc(C(C)(C)C)cc2C)cc1. The number of aryl methyl sites for hydroxylation is 5. The van der Waals surface area contributed by atoms with E-state index in [9.17, 15) is 0 Å². The van der Waals surface area contributed by atoms with Crippen LogP contribution in [-0.4, -0.2) is 5.54 Å². The van der Waals surface area contributed by atoms with Crippen LogP contribution in [-0.2, 0) is 17.3 Å². The standard InChI is InChI=1S/C50H64N2/c1-16-17-37-18-20-40(21-19-37)51(44-33(2)28-38(29-34(44)3)46(6,7)8)41-22-24-42(25-23-41)52(45-35(4)30-39(31-36(45)5)47(9,10)11)49(14)26-27-50(15)43(32-49)48(50,12)13/h18-32H,16-17H2,1-15H3. The fraction of sp³-hybridized carbons (Fsp3) is 0.440. The Labute approximate surface area is 316 Å². The molecule has 274 valence electrons. The average molecular weight is 693 g/mol. The Bertz CT molecular complexity index is 2000. The number of allylic oxidation sites excluding steroid dienone is 2. The Morgan fingerprint density at radius 1 is 0.558 bits per heavy atom. The summed E-state index contributed by atoms with van der Waals surface area (Å²) in [5.41, 5.74) is 17.1. The first-order chi connectivity index (χ1) is 24.1. The normalized spacial score (nSPS) is 20.7. The molecule has 2 unspecified atom stereocenters. The molecule has 0 spiro atoms. The van der Waals surface area contributed by atoms with Crippen LogP contribution >= 0.6 is 0 Å². The lowest BCUT2D eigenvalue weighted by atomic mass is 9.83. The Hall–Kier alpha value is -4.04. The summed E-state index contributed by atoms with van der Waals surface area (Å²) in [7, 11) is 0. The topological polar surface area (TPSA) is 6.48 Å². The summed E-state index contributed by atoms with van der Waals surface area (Å²) >= 11 is 0. The van der Waals surface area contributed by atoms with Gasteiger partial charge in [0.15, 0.2) is 0 Å². The number of hydrogen-bond donors (Lipinski definition) is 0. The smallest absolute Gasteiger partial charge is 0.0792 e. The number of anilines is 5. The molecular weight excluding hydrogens is 629 g/mol. The second-order valence-electron chi connectivity index (χ2n) is 19.0. The Kier molecular flexibility index (Phi) is 9.30. The largest absolute Gasteiger partial charge is 0.328 e. The maximum atomic E-state index is 2.60. The average Bonchev–Trinajstić information content (AvgIpc) is 3.49. The number of nitrogens with zero attached hydrogens (tertiary/aromatic N) is 2. The monoisotopic (exact) mass is 693 g/mol. The molecule has 0 saturated heterocycles. The predicted octanol–water partition coefficient (Wildman–Crippen LogP) is 14.4. The van der Waals surface area contributed by atoms with E-state index in [1.807, 2.05) is 0 Å². The lowest BCUT2D eigenvalue weighted by Gasteiger charge is -2.43. The van der Waals surface area contributed by atoms with Gasteiger partial charge in [0, 0.05) is 28.2 Å². The summed E-state index contributed by atoms with van der Waals surface area (Å²) in [6.45, 7) is 34.8. The molecule has 0 bridgehead atoms. The van der Waals surface area contributed by atoms with Crippen LogP contribution in [0.25, 0.3) is 0 Å². The fourth-order valence-corrected chi connectivity index (χ4v) is 8.75. The zero-order chi connectivity index (χ0) is 38.2. The van der Waals surface area contributed by atoms with E-state index in [0.717, 1.165) is 18.5 Å². The Morgan fingerprint density at radius 3 is 1.40 bits per heavy atom. The van der Waals surface area contributed by atoms with Gasteiger partial charge < -0.3 is 9.80 Å². The molecule has 4 aromatic rings. The van der Waals surface area contributed by atoms with E-state index in [-0.39, 0.29) is 27.2 Å². The first-order valence-electron chi connectivity index (χ1n) is 19.6. The molecule has 2 aliphatic carbocycles. The summed E-state index contributed by atoms with van der Waals surface area (Å²) in [5, 5.41) is 0. The molecule has 0 radical (unpaired) electrons. The molecule has 1 fully saturated rings. The number of benzene rings is 4. The van der Waals surface area contributed by atoms with Crippen LogP contribution < -0.4 is 9.80 Å². The predicted molar refractivity (Wildman–Crippen MR) is 228 cm³/mol. The van der Waals surface area contributed by atoms with Crippen molar-refractivity contribution in [3.63, 3.8) is 0 Å². The maximum absolute atomic E-state index is 2.60. The number of hydrogen-bond acceptors (Lipinski definition) is 2. The number of rotatable bonds is 8. The first-order valence-corrected chi connectivity index (χ1v) is 19.6. The molecule has 2 nitrogen and oxygen atoms in total. The van der Waals surface area contributed by atoms with Gasteiger partial charge >= 0.3 is 0 Å². The third kappa shape index (κ3) is 6.46. The summed E-state index contributed by atoms with van der Waals surface area (Å²) < 4.78 is 0. The van der Waals surface area contributed by atoms with Crippen molar-refractivity contribution in [1.29, 1.82) is 0 Å². The van der Waals surface area contributed by atoms with Crippen molar-refractivity contribution in [2.75, 3.05) is 9.80 Å². The lowest BCUT2D eigenvalue weighted by molar-refractivity contribution is 0.500. The van der Waals surface area contributed by atoms with E-state index >= 15 is 0 Å². The molecule has 1 saturated carbocycles. The lowest BCUT2D eigenvalue weighted by Crippen LogP contribution is -2.42. The van der Waals surface area contributed by atoms with Crippen molar-refractivity contribution in [2.45, 2.75) is 133 Å². The molecule has 4 aromatic carbocycles. The van der Waals surface area contributed by atoms with Crippen LogP contribution in [0.1, 0.15) is 122 Å². The van der Waals surface area contributed by atoms with E-state index in [2.05, 4.69) is 205 Å². The van der Waals surface area contributed by atoms with Gasteiger partial charge in [-0.05, 0) is 133 Å². The molecule has 0 amide bonds. The van der Waals surface area contributed by atoms with E-state index in [1.165, 1.54) is 67.3 Å². The molecule has 0 aromatic heterocycles. The maximum Gasteiger partial charge on any atom is 0.0792 e. The summed E-state index contributed by atoms with van der Waals surface area (Å²) in [6, 6.07) is 28.2. The highest BCUT2D eigenvalue weighted by atomic mass is 15.2. The third-order valence-corrected chi connectivity index (χ3v) is 12.4.